The van der Waals surface area contributed by atoms with Gasteiger partial charge in [0.2, 0.25) is 15.9 Å². The molecule has 0 radical (unpaired) electrons. The summed E-state index contributed by atoms with van der Waals surface area (Å²) < 4.78 is 31.7. The minimum absolute atomic E-state index is 0.165. The molecule has 1 aliphatic heterocycles. The van der Waals surface area contributed by atoms with Crippen LogP contribution in [-0.4, -0.2) is 60.7 Å². The molecule has 1 N–H and O–H groups in total. The molecular weight excluding hydrogens is 376 g/mol. The number of hydrogen-bond acceptors (Lipinski definition) is 7. The Morgan fingerprint density at radius 1 is 1.15 bits per heavy atom. The van der Waals surface area contributed by atoms with Gasteiger partial charge in [-0.2, -0.15) is 4.31 Å². The van der Waals surface area contributed by atoms with Crippen LogP contribution in [0.4, 0.5) is 5.69 Å². The van der Waals surface area contributed by atoms with E-state index in [1.807, 2.05) is 0 Å². The Kier molecular flexibility index (Phi) is 6.20. The second kappa shape index (κ2) is 8.58. The highest BCUT2D eigenvalue weighted by Crippen LogP contribution is 2.20. The van der Waals surface area contributed by atoms with Crippen LogP contribution >= 0.6 is 11.8 Å². The first-order chi connectivity index (χ1) is 12.6. The fourth-order valence-corrected chi connectivity index (χ4v) is 4.34. The number of nitrogens with one attached hydrogen (secondary N) is 1. The number of carbonyl (C=O) groups excluding carboxylic acids is 1. The van der Waals surface area contributed by atoms with Gasteiger partial charge in [-0.15, -0.1) is 0 Å². The van der Waals surface area contributed by atoms with E-state index in [1.165, 1.54) is 28.2 Å². The lowest BCUT2D eigenvalue weighted by atomic mass is 10.3. The normalized spacial score (nSPS) is 15.5. The third-order valence-corrected chi connectivity index (χ3v) is 6.41. The van der Waals surface area contributed by atoms with Crippen LogP contribution in [0, 0.1) is 0 Å². The summed E-state index contributed by atoms with van der Waals surface area (Å²) in [6.45, 7) is 1.49. The summed E-state index contributed by atoms with van der Waals surface area (Å²) in [6.07, 6.45) is 3.22. The molecule has 1 saturated heterocycles. The third kappa shape index (κ3) is 4.79. The predicted octanol–water partition coefficient (Wildman–Crippen LogP) is 1.23. The second-order valence-corrected chi connectivity index (χ2v) is 8.29. The second-order valence-electron chi connectivity index (χ2n) is 5.41. The molecule has 0 atom stereocenters. The Bertz CT molecular complexity index is 838. The fraction of sp³-hybridized carbons (Fsp3) is 0.312. The van der Waals surface area contributed by atoms with E-state index in [2.05, 4.69) is 15.3 Å². The van der Waals surface area contributed by atoms with Crippen molar-refractivity contribution in [3.05, 3.63) is 42.7 Å². The first-order valence-electron chi connectivity index (χ1n) is 7.93. The third-order valence-electron chi connectivity index (χ3n) is 3.62. The molecule has 1 aliphatic rings. The molecule has 2 aromatic rings. The Morgan fingerprint density at radius 3 is 2.46 bits per heavy atom. The highest BCUT2D eigenvalue weighted by atomic mass is 32.2. The number of thioether (sulfide) groups is 1. The van der Waals surface area contributed by atoms with Crippen molar-refractivity contribution in [2.75, 3.05) is 37.4 Å². The van der Waals surface area contributed by atoms with Crippen LogP contribution in [0.3, 0.4) is 0 Å². The minimum Gasteiger partial charge on any atom is -0.379 e. The van der Waals surface area contributed by atoms with Gasteiger partial charge in [0.25, 0.3) is 0 Å². The lowest BCUT2D eigenvalue weighted by Crippen LogP contribution is -2.40. The van der Waals surface area contributed by atoms with Crippen molar-refractivity contribution in [2.45, 2.75) is 10.1 Å². The van der Waals surface area contributed by atoms with Crippen LogP contribution in [-0.2, 0) is 19.6 Å². The Hall–Kier alpha value is -2.01. The number of benzene rings is 1. The van der Waals surface area contributed by atoms with Crippen LogP contribution in [0.1, 0.15) is 0 Å². The number of morpholine rings is 1. The summed E-state index contributed by atoms with van der Waals surface area (Å²) in [6, 6.07) is 7.85. The molecule has 0 aliphatic carbocycles. The molecule has 0 spiro atoms. The summed E-state index contributed by atoms with van der Waals surface area (Å²) in [5, 5.41) is 3.25. The highest BCUT2D eigenvalue weighted by molar-refractivity contribution is 7.99. The average molecular weight is 394 g/mol. The lowest BCUT2D eigenvalue weighted by molar-refractivity contribution is -0.113. The van der Waals surface area contributed by atoms with Gasteiger partial charge in [-0.3, -0.25) is 4.79 Å². The summed E-state index contributed by atoms with van der Waals surface area (Å²) in [5.41, 5.74) is 0.533. The smallest absolute Gasteiger partial charge is 0.243 e. The molecule has 1 amide bonds. The largest absolute Gasteiger partial charge is 0.379 e. The van der Waals surface area contributed by atoms with Crippen molar-refractivity contribution < 1.29 is 17.9 Å². The molecule has 0 saturated carbocycles. The zero-order chi connectivity index (χ0) is 18.4. The minimum atomic E-state index is -3.53. The summed E-state index contributed by atoms with van der Waals surface area (Å²) in [5.74, 6) is -0.0519. The van der Waals surface area contributed by atoms with Crippen molar-refractivity contribution in [3.63, 3.8) is 0 Å². The fourth-order valence-electron chi connectivity index (χ4n) is 2.33. The standard InChI is InChI=1S/C16H18N4O4S2/c21-15(12-25-16-17-6-1-7-18-16)19-13-2-4-14(5-3-13)26(22,23)20-8-10-24-11-9-20/h1-7H,8-12H2,(H,19,21). The monoisotopic (exact) mass is 394 g/mol. The van der Waals surface area contributed by atoms with E-state index >= 15 is 0 Å². The highest BCUT2D eigenvalue weighted by Gasteiger charge is 2.26. The Balaban J connectivity index is 1.58. The molecule has 1 fully saturated rings. The molecule has 26 heavy (non-hydrogen) atoms. The Morgan fingerprint density at radius 2 is 1.81 bits per heavy atom. The number of anilines is 1. The Labute approximate surface area is 156 Å². The van der Waals surface area contributed by atoms with Crippen LogP contribution in [0.15, 0.2) is 52.8 Å². The van der Waals surface area contributed by atoms with Crippen LogP contribution in [0.2, 0.25) is 0 Å². The van der Waals surface area contributed by atoms with Crippen LogP contribution in [0.25, 0.3) is 0 Å². The molecule has 10 heteroatoms. The first kappa shape index (κ1) is 18.8. The number of carbonyl (C=O) groups is 1. The number of rotatable bonds is 6. The molecule has 8 nitrogen and oxygen atoms in total. The molecule has 0 unspecified atom stereocenters. The molecule has 3 rings (SSSR count). The van der Waals surface area contributed by atoms with E-state index < -0.39 is 10.0 Å². The number of hydrogen-bond donors (Lipinski definition) is 1. The van der Waals surface area contributed by atoms with Gasteiger partial charge in [-0.05, 0) is 30.3 Å². The number of ether oxygens (including phenoxy) is 1. The molecule has 1 aromatic heterocycles. The zero-order valence-corrected chi connectivity index (χ0v) is 15.5. The molecular formula is C16H18N4O4S2. The maximum atomic E-state index is 12.5. The summed E-state index contributed by atoms with van der Waals surface area (Å²) in [4.78, 5) is 20.3. The molecule has 1 aromatic carbocycles. The number of nitrogens with zero attached hydrogens (tertiary/aromatic N) is 3. The van der Waals surface area contributed by atoms with Crippen molar-refractivity contribution in [3.8, 4) is 0 Å². The zero-order valence-electron chi connectivity index (χ0n) is 13.9. The number of sulfonamides is 1. The van der Waals surface area contributed by atoms with E-state index in [0.717, 1.165) is 0 Å². The van der Waals surface area contributed by atoms with E-state index in [4.69, 9.17) is 4.74 Å². The molecule has 0 bridgehead atoms. The van der Waals surface area contributed by atoms with Gasteiger partial charge in [0, 0.05) is 31.2 Å². The maximum Gasteiger partial charge on any atom is 0.243 e. The van der Waals surface area contributed by atoms with Crippen molar-refractivity contribution >= 4 is 33.4 Å². The van der Waals surface area contributed by atoms with E-state index in [9.17, 15) is 13.2 Å². The van der Waals surface area contributed by atoms with Crippen molar-refractivity contribution in [2.24, 2.45) is 0 Å². The average Bonchev–Trinajstić information content (AvgIpc) is 2.68. The first-order valence-corrected chi connectivity index (χ1v) is 10.4. The van der Waals surface area contributed by atoms with Crippen molar-refractivity contribution in [1.29, 1.82) is 0 Å². The summed E-state index contributed by atoms with van der Waals surface area (Å²) >= 11 is 1.23. The van der Waals surface area contributed by atoms with Crippen molar-refractivity contribution in [1.82, 2.24) is 14.3 Å². The van der Waals surface area contributed by atoms with Gasteiger partial charge < -0.3 is 10.1 Å². The quantitative estimate of drug-likeness (QED) is 0.581. The van der Waals surface area contributed by atoms with Gasteiger partial charge in [-0.25, -0.2) is 18.4 Å². The molecule has 138 valence electrons. The maximum absolute atomic E-state index is 12.5. The number of aromatic nitrogens is 2. The number of amides is 1. The summed E-state index contributed by atoms with van der Waals surface area (Å²) in [7, 11) is -3.53. The SMILES string of the molecule is O=C(CSc1ncccn1)Nc1ccc(S(=O)(=O)N2CCOCC2)cc1. The molecule has 2 heterocycles. The van der Waals surface area contributed by atoms with E-state index in [0.29, 0.717) is 37.1 Å². The predicted molar refractivity (Wildman–Crippen MR) is 97.4 cm³/mol. The van der Waals surface area contributed by atoms with E-state index in [1.54, 1.807) is 30.6 Å². The van der Waals surface area contributed by atoms with Gasteiger partial charge in [0.15, 0.2) is 5.16 Å². The van der Waals surface area contributed by atoms with Gasteiger partial charge >= 0.3 is 0 Å². The van der Waals surface area contributed by atoms with Gasteiger partial charge in [0.05, 0.1) is 23.9 Å². The topological polar surface area (TPSA) is 101 Å². The van der Waals surface area contributed by atoms with Crippen LogP contribution < -0.4 is 5.32 Å². The van der Waals surface area contributed by atoms with Gasteiger partial charge in [-0.1, -0.05) is 11.8 Å². The van der Waals surface area contributed by atoms with Gasteiger partial charge in [0.1, 0.15) is 0 Å². The lowest BCUT2D eigenvalue weighted by Gasteiger charge is -2.26. The van der Waals surface area contributed by atoms with Crippen LogP contribution in [0.5, 0.6) is 0 Å². The van der Waals surface area contributed by atoms with E-state index in [-0.39, 0.29) is 16.6 Å².